The predicted molar refractivity (Wildman–Crippen MR) is 104 cm³/mol. The van der Waals surface area contributed by atoms with Gasteiger partial charge in [0.05, 0.1) is 16.2 Å². The molecule has 0 saturated carbocycles. The normalized spacial score (nSPS) is 16.1. The zero-order chi connectivity index (χ0) is 21.4. The van der Waals surface area contributed by atoms with Crippen LogP contribution in [0.25, 0.3) is 0 Å². The van der Waals surface area contributed by atoms with E-state index in [1.165, 1.54) is 23.1 Å². The van der Waals surface area contributed by atoms with E-state index < -0.39 is 34.9 Å². The lowest BCUT2D eigenvalue weighted by molar-refractivity contribution is -0.385. The number of imide groups is 1. The van der Waals surface area contributed by atoms with Crippen LogP contribution in [0, 0.1) is 15.9 Å². The number of rotatable bonds is 4. The highest BCUT2D eigenvalue weighted by molar-refractivity contribution is 6.24. The molecule has 2 heterocycles. The molecule has 0 N–H and O–H groups in total. The number of fused-ring (bicyclic) bond motifs is 1. The molecule has 4 rings (SSSR count). The molecular formula is C20H17FN4O5. The van der Waals surface area contributed by atoms with Crippen LogP contribution in [-0.2, 0) is 4.79 Å². The molecule has 2 aromatic rings. The van der Waals surface area contributed by atoms with Gasteiger partial charge in [-0.3, -0.25) is 29.4 Å². The highest BCUT2D eigenvalue weighted by Gasteiger charge is 2.42. The van der Waals surface area contributed by atoms with Crippen LogP contribution in [0.2, 0.25) is 0 Å². The third-order valence-corrected chi connectivity index (χ3v) is 5.29. The van der Waals surface area contributed by atoms with Crippen LogP contribution in [0.4, 0.5) is 15.8 Å². The van der Waals surface area contributed by atoms with Gasteiger partial charge in [-0.15, -0.1) is 0 Å². The van der Waals surface area contributed by atoms with Crippen molar-refractivity contribution in [1.82, 2.24) is 9.80 Å². The largest absolute Gasteiger partial charge is 0.366 e. The standard InChI is InChI=1S/C20H17FN4O5/c21-14-5-1-2-6-15(14)22-8-10-23(11-9-22)17(26)12-24-19(27)13-4-3-7-16(25(29)30)18(13)20(24)28/h1-7H,8-12H2. The van der Waals surface area contributed by atoms with Crippen molar-refractivity contribution in [2.75, 3.05) is 37.6 Å². The number of piperazine rings is 1. The van der Waals surface area contributed by atoms with Crippen LogP contribution in [0.1, 0.15) is 20.7 Å². The molecule has 0 radical (unpaired) electrons. The summed E-state index contributed by atoms with van der Waals surface area (Å²) in [7, 11) is 0. The average molecular weight is 412 g/mol. The molecule has 0 bridgehead atoms. The molecule has 3 amide bonds. The highest BCUT2D eigenvalue weighted by Crippen LogP contribution is 2.30. The lowest BCUT2D eigenvalue weighted by Gasteiger charge is -2.36. The molecule has 30 heavy (non-hydrogen) atoms. The SMILES string of the molecule is O=C(CN1C(=O)c2cccc([N+](=O)[O-])c2C1=O)N1CCN(c2ccccc2F)CC1. The number of para-hydroxylation sites is 1. The van der Waals surface area contributed by atoms with Crippen LogP contribution >= 0.6 is 0 Å². The zero-order valence-corrected chi connectivity index (χ0v) is 15.8. The number of nitro groups is 1. The molecule has 1 fully saturated rings. The molecule has 1 saturated heterocycles. The Hall–Kier alpha value is -3.82. The highest BCUT2D eigenvalue weighted by atomic mass is 19.1. The number of amides is 3. The van der Waals surface area contributed by atoms with Gasteiger partial charge in [-0.05, 0) is 18.2 Å². The maximum atomic E-state index is 14.0. The Labute approximate surface area is 170 Å². The smallest absolute Gasteiger partial charge is 0.282 e. The molecule has 0 atom stereocenters. The Morgan fingerprint density at radius 1 is 1.00 bits per heavy atom. The minimum atomic E-state index is -0.847. The summed E-state index contributed by atoms with van der Waals surface area (Å²) in [5, 5.41) is 11.2. The van der Waals surface area contributed by atoms with Crippen molar-refractivity contribution in [2.24, 2.45) is 0 Å². The molecule has 0 unspecified atom stereocenters. The van der Waals surface area contributed by atoms with E-state index in [-0.39, 0.29) is 16.9 Å². The Balaban J connectivity index is 1.43. The van der Waals surface area contributed by atoms with Crippen molar-refractivity contribution in [3.63, 3.8) is 0 Å². The number of carbonyl (C=O) groups is 3. The van der Waals surface area contributed by atoms with Gasteiger partial charge in [0.15, 0.2) is 0 Å². The van der Waals surface area contributed by atoms with E-state index in [0.29, 0.717) is 31.9 Å². The van der Waals surface area contributed by atoms with Crippen molar-refractivity contribution in [2.45, 2.75) is 0 Å². The van der Waals surface area contributed by atoms with Gasteiger partial charge in [0, 0.05) is 32.2 Å². The van der Waals surface area contributed by atoms with E-state index in [1.54, 1.807) is 18.2 Å². The summed E-state index contributed by atoms with van der Waals surface area (Å²) < 4.78 is 14.0. The van der Waals surface area contributed by atoms with E-state index >= 15 is 0 Å². The number of halogens is 1. The minimum Gasteiger partial charge on any atom is -0.366 e. The number of anilines is 1. The van der Waals surface area contributed by atoms with Crippen LogP contribution in [0.15, 0.2) is 42.5 Å². The molecule has 0 spiro atoms. The monoisotopic (exact) mass is 412 g/mol. The second-order valence-electron chi connectivity index (χ2n) is 6.97. The number of nitrogens with zero attached hydrogens (tertiary/aromatic N) is 4. The first-order chi connectivity index (χ1) is 14.4. The summed E-state index contributed by atoms with van der Waals surface area (Å²) in [6.07, 6.45) is 0. The van der Waals surface area contributed by atoms with Gasteiger partial charge < -0.3 is 9.80 Å². The summed E-state index contributed by atoms with van der Waals surface area (Å²) in [5.41, 5.74) is -0.368. The Morgan fingerprint density at radius 3 is 2.37 bits per heavy atom. The molecule has 2 aliphatic rings. The fraction of sp³-hybridized carbons (Fsp3) is 0.250. The van der Waals surface area contributed by atoms with Gasteiger partial charge in [-0.2, -0.15) is 0 Å². The van der Waals surface area contributed by atoms with Crippen molar-refractivity contribution in [1.29, 1.82) is 0 Å². The molecule has 0 aromatic heterocycles. The third-order valence-electron chi connectivity index (χ3n) is 5.29. The molecule has 2 aliphatic heterocycles. The molecule has 9 nitrogen and oxygen atoms in total. The van der Waals surface area contributed by atoms with Crippen molar-refractivity contribution in [3.05, 3.63) is 69.5 Å². The minimum absolute atomic E-state index is 0.0774. The Kier molecular flexibility index (Phi) is 4.90. The van der Waals surface area contributed by atoms with Crippen molar-refractivity contribution in [3.8, 4) is 0 Å². The van der Waals surface area contributed by atoms with Crippen LogP contribution in [0.3, 0.4) is 0 Å². The number of hydrogen-bond acceptors (Lipinski definition) is 6. The first-order valence-electron chi connectivity index (χ1n) is 9.29. The van der Waals surface area contributed by atoms with E-state index in [9.17, 15) is 28.9 Å². The van der Waals surface area contributed by atoms with E-state index in [0.717, 1.165) is 11.0 Å². The number of hydrogen-bond donors (Lipinski definition) is 0. The van der Waals surface area contributed by atoms with Crippen LogP contribution < -0.4 is 4.90 Å². The summed E-state index contributed by atoms with van der Waals surface area (Å²) >= 11 is 0. The second kappa shape index (κ2) is 7.54. The average Bonchev–Trinajstić information content (AvgIpc) is 2.99. The molecule has 2 aromatic carbocycles. The first-order valence-corrected chi connectivity index (χ1v) is 9.29. The van der Waals surface area contributed by atoms with E-state index in [1.807, 2.05) is 4.90 Å². The Morgan fingerprint density at radius 2 is 1.70 bits per heavy atom. The summed E-state index contributed by atoms with van der Waals surface area (Å²) in [6.45, 7) is 0.913. The summed E-state index contributed by atoms with van der Waals surface area (Å²) in [6, 6.07) is 10.2. The lowest BCUT2D eigenvalue weighted by atomic mass is 10.1. The lowest BCUT2D eigenvalue weighted by Crippen LogP contribution is -2.52. The first kappa shape index (κ1) is 19.5. The number of benzene rings is 2. The summed E-state index contributed by atoms with van der Waals surface area (Å²) in [5.74, 6) is -2.36. The van der Waals surface area contributed by atoms with Gasteiger partial charge in [0.1, 0.15) is 17.9 Å². The number of carbonyl (C=O) groups excluding carboxylic acids is 3. The fourth-order valence-corrected chi connectivity index (χ4v) is 3.75. The topological polar surface area (TPSA) is 104 Å². The third kappa shape index (κ3) is 3.25. The summed E-state index contributed by atoms with van der Waals surface area (Å²) in [4.78, 5) is 52.3. The van der Waals surface area contributed by atoms with Crippen LogP contribution in [0.5, 0.6) is 0 Å². The maximum absolute atomic E-state index is 14.0. The molecule has 10 heteroatoms. The predicted octanol–water partition coefficient (Wildman–Crippen LogP) is 1.68. The van der Waals surface area contributed by atoms with E-state index in [2.05, 4.69) is 0 Å². The molecule has 0 aliphatic carbocycles. The Bertz CT molecular complexity index is 1060. The second-order valence-corrected chi connectivity index (χ2v) is 6.97. The quantitative estimate of drug-likeness (QED) is 0.430. The molecule has 154 valence electrons. The number of nitro benzene ring substituents is 1. The molecular weight excluding hydrogens is 395 g/mol. The van der Waals surface area contributed by atoms with Gasteiger partial charge in [0.2, 0.25) is 5.91 Å². The van der Waals surface area contributed by atoms with Gasteiger partial charge >= 0.3 is 0 Å². The van der Waals surface area contributed by atoms with E-state index in [4.69, 9.17) is 0 Å². The van der Waals surface area contributed by atoms with Crippen molar-refractivity contribution >= 4 is 29.1 Å². The zero-order valence-electron chi connectivity index (χ0n) is 15.8. The van der Waals surface area contributed by atoms with Gasteiger partial charge in [-0.25, -0.2) is 4.39 Å². The maximum Gasteiger partial charge on any atom is 0.282 e. The van der Waals surface area contributed by atoms with Crippen molar-refractivity contribution < 1.29 is 23.7 Å². The van der Waals surface area contributed by atoms with Gasteiger partial charge in [-0.1, -0.05) is 18.2 Å². The fourth-order valence-electron chi connectivity index (χ4n) is 3.75. The van der Waals surface area contributed by atoms with Gasteiger partial charge in [0.25, 0.3) is 17.5 Å². The van der Waals surface area contributed by atoms with Crippen LogP contribution in [-0.4, -0.2) is 65.2 Å².